The van der Waals surface area contributed by atoms with Crippen LogP contribution in [0.15, 0.2) is 30.5 Å². The van der Waals surface area contributed by atoms with Crippen molar-refractivity contribution in [2.45, 2.75) is 24.9 Å². The molecular formula is C19H25FN4O. The fourth-order valence-electron chi connectivity index (χ4n) is 3.90. The molecule has 2 saturated heterocycles. The molecule has 4 rings (SSSR count). The van der Waals surface area contributed by atoms with Gasteiger partial charge in [-0.3, -0.25) is 4.90 Å². The van der Waals surface area contributed by atoms with Gasteiger partial charge in [0.1, 0.15) is 11.6 Å². The lowest BCUT2D eigenvalue weighted by Crippen LogP contribution is -2.50. The van der Waals surface area contributed by atoms with E-state index in [1.807, 2.05) is 6.20 Å². The van der Waals surface area contributed by atoms with E-state index in [-0.39, 0.29) is 11.9 Å². The minimum Gasteiger partial charge on any atom is -0.378 e. The summed E-state index contributed by atoms with van der Waals surface area (Å²) in [5.74, 6) is 0.718. The maximum atomic E-state index is 13.1. The fourth-order valence-corrected chi connectivity index (χ4v) is 3.90. The first-order chi connectivity index (χ1) is 12.2. The summed E-state index contributed by atoms with van der Waals surface area (Å²) in [6, 6.07) is 7.26. The van der Waals surface area contributed by atoms with Crippen LogP contribution in [0.5, 0.6) is 0 Å². The summed E-state index contributed by atoms with van der Waals surface area (Å²) in [5.41, 5.74) is 1.87. The van der Waals surface area contributed by atoms with E-state index in [0.29, 0.717) is 12.6 Å². The SMILES string of the molecule is CN1CCC(N2CCOC[C@H]2c2ncc(-c3ccc(F)cc3)[nH]2)CC1. The van der Waals surface area contributed by atoms with Crippen molar-refractivity contribution in [3.05, 3.63) is 42.1 Å². The summed E-state index contributed by atoms with van der Waals surface area (Å²) < 4.78 is 18.9. The lowest BCUT2D eigenvalue weighted by atomic mass is 10.0. The molecule has 2 aliphatic heterocycles. The van der Waals surface area contributed by atoms with Gasteiger partial charge in [-0.25, -0.2) is 9.37 Å². The standard InChI is InChI=1S/C19H25FN4O/c1-23-8-6-16(7-9-23)24-10-11-25-13-18(24)19-21-12-17(22-19)14-2-4-15(20)5-3-14/h2-5,12,16,18H,6-11,13H2,1H3,(H,21,22)/t18-/m0/s1. The molecule has 3 heterocycles. The molecule has 0 spiro atoms. The smallest absolute Gasteiger partial charge is 0.126 e. The molecule has 134 valence electrons. The van der Waals surface area contributed by atoms with E-state index in [1.165, 1.54) is 25.0 Å². The average molecular weight is 344 g/mol. The number of morpholine rings is 1. The number of benzene rings is 1. The lowest BCUT2D eigenvalue weighted by Gasteiger charge is -2.43. The van der Waals surface area contributed by atoms with Crippen molar-refractivity contribution in [3.63, 3.8) is 0 Å². The predicted molar refractivity (Wildman–Crippen MR) is 94.8 cm³/mol. The van der Waals surface area contributed by atoms with E-state index in [1.54, 1.807) is 12.1 Å². The number of piperidine rings is 1. The molecule has 1 aromatic heterocycles. The van der Waals surface area contributed by atoms with Crippen molar-refractivity contribution in [3.8, 4) is 11.3 Å². The van der Waals surface area contributed by atoms with Crippen molar-refractivity contribution < 1.29 is 9.13 Å². The van der Waals surface area contributed by atoms with Gasteiger partial charge in [0.25, 0.3) is 0 Å². The molecule has 5 nitrogen and oxygen atoms in total. The number of nitrogens with one attached hydrogen (secondary N) is 1. The van der Waals surface area contributed by atoms with Crippen LogP contribution in [0.2, 0.25) is 0 Å². The Morgan fingerprint density at radius 3 is 2.68 bits per heavy atom. The summed E-state index contributed by atoms with van der Waals surface area (Å²) in [4.78, 5) is 13.0. The van der Waals surface area contributed by atoms with E-state index in [0.717, 1.165) is 43.3 Å². The van der Waals surface area contributed by atoms with E-state index < -0.39 is 0 Å². The van der Waals surface area contributed by atoms with Crippen LogP contribution >= 0.6 is 0 Å². The number of nitrogens with zero attached hydrogens (tertiary/aromatic N) is 3. The van der Waals surface area contributed by atoms with Gasteiger partial charge < -0.3 is 14.6 Å². The molecule has 1 aromatic carbocycles. The fraction of sp³-hybridized carbons (Fsp3) is 0.526. The number of rotatable bonds is 3. The summed E-state index contributed by atoms with van der Waals surface area (Å²) in [6.45, 7) is 4.70. The number of H-pyrrole nitrogens is 1. The molecule has 1 N–H and O–H groups in total. The molecule has 1 atom stereocenters. The molecule has 0 saturated carbocycles. The molecule has 25 heavy (non-hydrogen) atoms. The van der Waals surface area contributed by atoms with E-state index >= 15 is 0 Å². The number of hydrogen-bond acceptors (Lipinski definition) is 4. The molecule has 2 aliphatic rings. The van der Waals surface area contributed by atoms with Gasteiger partial charge in [0.2, 0.25) is 0 Å². The zero-order valence-electron chi connectivity index (χ0n) is 14.6. The van der Waals surface area contributed by atoms with Gasteiger partial charge in [0.15, 0.2) is 0 Å². The van der Waals surface area contributed by atoms with Crippen molar-refractivity contribution in [2.75, 3.05) is 39.9 Å². The lowest BCUT2D eigenvalue weighted by molar-refractivity contribution is -0.0441. The Hall–Kier alpha value is -1.76. The Morgan fingerprint density at radius 2 is 1.92 bits per heavy atom. The highest BCUT2D eigenvalue weighted by atomic mass is 19.1. The van der Waals surface area contributed by atoms with Crippen LogP contribution in [0.1, 0.15) is 24.7 Å². The van der Waals surface area contributed by atoms with E-state index in [2.05, 4.69) is 26.8 Å². The number of aromatic nitrogens is 2. The highest BCUT2D eigenvalue weighted by Crippen LogP contribution is 2.29. The van der Waals surface area contributed by atoms with Crippen LogP contribution in [-0.4, -0.2) is 65.7 Å². The average Bonchev–Trinajstić information content (AvgIpc) is 3.13. The zero-order valence-corrected chi connectivity index (χ0v) is 14.6. The maximum absolute atomic E-state index is 13.1. The van der Waals surface area contributed by atoms with Gasteiger partial charge >= 0.3 is 0 Å². The summed E-state index contributed by atoms with van der Waals surface area (Å²) >= 11 is 0. The van der Waals surface area contributed by atoms with Crippen LogP contribution in [0.3, 0.4) is 0 Å². The van der Waals surface area contributed by atoms with Crippen LogP contribution in [-0.2, 0) is 4.74 Å². The van der Waals surface area contributed by atoms with Gasteiger partial charge in [-0.2, -0.15) is 0 Å². The van der Waals surface area contributed by atoms with Crippen molar-refractivity contribution in [2.24, 2.45) is 0 Å². The Balaban J connectivity index is 1.53. The largest absolute Gasteiger partial charge is 0.378 e. The first-order valence-electron chi connectivity index (χ1n) is 9.03. The molecule has 6 heteroatoms. The van der Waals surface area contributed by atoms with E-state index in [4.69, 9.17) is 4.74 Å². The highest BCUT2D eigenvalue weighted by molar-refractivity contribution is 5.58. The Labute approximate surface area is 147 Å². The molecule has 0 radical (unpaired) electrons. The first-order valence-corrected chi connectivity index (χ1v) is 9.03. The first kappa shape index (κ1) is 16.7. The Kier molecular flexibility index (Phi) is 4.83. The molecule has 0 bridgehead atoms. The molecule has 0 unspecified atom stereocenters. The van der Waals surface area contributed by atoms with Crippen LogP contribution in [0.25, 0.3) is 11.3 Å². The second kappa shape index (κ2) is 7.23. The van der Waals surface area contributed by atoms with Crippen molar-refractivity contribution in [1.29, 1.82) is 0 Å². The number of hydrogen-bond donors (Lipinski definition) is 1. The third kappa shape index (κ3) is 3.61. The molecular weight excluding hydrogens is 319 g/mol. The number of aromatic amines is 1. The predicted octanol–water partition coefficient (Wildman–Crippen LogP) is 2.68. The van der Waals surface area contributed by atoms with Gasteiger partial charge in [-0.05, 0) is 62.8 Å². The normalized spacial score (nSPS) is 23.8. The van der Waals surface area contributed by atoms with Crippen LogP contribution < -0.4 is 0 Å². The van der Waals surface area contributed by atoms with Crippen molar-refractivity contribution in [1.82, 2.24) is 19.8 Å². The third-order valence-corrected chi connectivity index (χ3v) is 5.39. The summed E-state index contributed by atoms with van der Waals surface area (Å²) in [7, 11) is 2.19. The van der Waals surface area contributed by atoms with Crippen LogP contribution in [0, 0.1) is 5.82 Å². The van der Waals surface area contributed by atoms with Crippen LogP contribution in [0.4, 0.5) is 4.39 Å². The Morgan fingerprint density at radius 1 is 1.16 bits per heavy atom. The van der Waals surface area contributed by atoms with Gasteiger partial charge in [0.05, 0.1) is 31.1 Å². The molecule has 0 aliphatic carbocycles. The number of imidazole rings is 1. The molecule has 2 aromatic rings. The van der Waals surface area contributed by atoms with Gasteiger partial charge in [0, 0.05) is 12.6 Å². The van der Waals surface area contributed by atoms with Crippen molar-refractivity contribution >= 4 is 0 Å². The molecule has 0 amide bonds. The number of ether oxygens (including phenoxy) is 1. The number of halogens is 1. The van der Waals surface area contributed by atoms with Gasteiger partial charge in [-0.1, -0.05) is 0 Å². The third-order valence-electron chi connectivity index (χ3n) is 5.39. The minimum absolute atomic E-state index is 0.163. The zero-order chi connectivity index (χ0) is 17.2. The number of likely N-dealkylation sites (tertiary alicyclic amines) is 1. The highest BCUT2D eigenvalue weighted by Gasteiger charge is 2.33. The second-order valence-corrected chi connectivity index (χ2v) is 7.05. The van der Waals surface area contributed by atoms with Gasteiger partial charge in [-0.15, -0.1) is 0 Å². The second-order valence-electron chi connectivity index (χ2n) is 7.05. The Bertz CT molecular complexity index is 694. The summed E-state index contributed by atoms with van der Waals surface area (Å²) in [6.07, 6.45) is 4.22. The maximum Gasteiger partial charge on any atom is 0.126 e. The van der Waals surface area contributed by atoms with E-state index in [9.17, 15) is 4.39 Å². The summed E-state index contributed by atoms with van der Waals surface area (Å²) in [5, 5.41) is 0. The molecule has 2 fully saturated rings. The minimum atomic E-state index is -0.224. The quantitative estimate of drug-likeness (QED) is 0.930. The topological polar surface area (TPSA) is 44.4 Å². The monoisotopic (exact) mass is 344 g/mol.